The highest BCUT2D eigenvalue weighted by Gasteiger charge is 2.11. The monoisotopic (exact) mass is 308 g/mol. The second-order valence-electron chi connectivity index (χ2n) is 3.82. The van der Waals surface area contributed by atoms with Crippen LogP contribution in [0.15, 0.2) is 0 Å². The average Bonchev–Trinajstić information content (AvgIpc) is 2.33. The first kappa shape index (κ1) is 16.4. The molecule has 0 bridgehead atoms. The van der Waals surface area contributed by atoms with Crippen LogP contribution in [0.4, 0.5) is 0 Å². The van der Waals surface area contributed by atoms with Crippen LogP contribution in [0.2, 0.25) is 0 Å². The Balaban J connectivity index is 3.69. The highest BCUT2D eigenvalue weighted by Crippen LogP contribution is 2.09. The molecule has 0 radical (unpaired) electrons. The molecule has 1 atom stereocenters. The lowest BCUT2D eigenvalue weighted by Gasteiger charge is -2.14. The molecule has 0 rings (SSSR count). The van der Waals surface area contributed by atoms with E-state index in [-0.39, 0.29) is 17.9 Å². The van der Waals surface area contributed by atoms with Gasteiger partial charge in [0.15, 0.2) is 0 Å². The second-order valence-corrected chi connectivity index (χ2v) is 4.46. The van der Waals surface area contributed by atoms with Crippen LogP contribution in [-0.2, 0) is 19.1 Å². The molecule has 100 valence electrons. The minimum atomic E-state index is -0.193. The molecule has 0 aliphatic rings. The predicted octanol–water partition coefficient (Wildman–Crippen LogP) is 2.68. The molecule has 4 nitrogen and oxygen atoms in total. The molecule has 0 heterocycles. The van der Waals surface area contributed by atoms with Crippen molar-refractivity contribution in [3.63, 3.8) is 0 Å². The summed E-state index contributed by atoms with van der Waals surface area (Å²) >= 11 is 3.36. The highest BCUT2D eigenvalue weighted by molar-refractivity contribution is 9.09. The van der Waals surface area contributed by atoms with Crippen LogP contribution in [0, 0.1) is 5.92 Å². The Labute approximate surface area is 111 Å². The van der Waals surface area contributed by atoms with Gasteiger partial charge in [-0.3, -0.25) is 9.59 Å². The van der Waals surface area contributed by atoms with Crippen LogP contribution in [0.3, 0.4) is 0 Å². The van der Waals surface area contributed by atoms with Crippen molar-refractivity contribution in [2.75, 3.05) is 18.5 Å². The molecule has 0 saturated carbocycles. The molecule has 0 amide bonds. The Morgan fingerprint density at radius 3 is 2.41 bits per heavy atom. The number of hydrogen-bond donors (Lipinski definition) is 0. The van der Waals surface area contributed by atoms with Crippen molar-refractivity contribution < 1.29 is 19.1 Å². The van der Waals surface area contributed by atoms with Gasteiger partial charge in [0, 0.05) is 24.1 Å². The first-order chi connectivity index (χ1) is 8.13. The fourth-order valence-electron chi connectivity index (χ4n) is 1.13. The van der Waals surface area contributed by atoms with Gasteiger partial charge in [0.25, 0.3) is 0 Å². The zero-order chi connectivity index (χ0) is 13.1. The third-order valence-corrected chi connectivity index (χ3v) is 3.15. The van der Waals surface area contributed by atoms with Gasteiger partial charge in [-0.15, -0.1) is 0 Å². The summed E-state index contributed by atoms with van der Waals surface area (Å²) in [7, 11) is 0. The summed E-state index contributed by atoms with van der Waals surface area (Å²) in [4.78, 5) is 22.1. The van der Waals surface area contributed by atoms with E-state index in [0.29, 0.717) is 32.5 Å². The number of hydrogen-bond acceptors (Lipinski definition) is 4. The molecular weight excluding hydrogens is 288 g/mol. The van der Waals surface area contributed by atoms with Gasteiger partial charge in [-0.1, -0.05) is 29.8 Å². The molecule has 0 aliphatic carbocycles. The molecule has 1 unspecified atom stereocenters. The van der Waals surface area contributed by atoms with Gasteiger partial charge >= 0.3 is 11.9 Å². The van der Waals surface area contributed by atoms with Crippen LogP contribution in [0.5, 0.6) is 0 Å². The predicted molar refractivity (Wildman–Crippen MR) is 69.0 cm³/mol. The fraction of sp³-hybridized carbons (Fsp3) is 0.833. The van der Waals surface area contributed by atoms with Crippen molar-refractivity contribution in [3.05, 3.63) is 0 Å². The van der Waals surface area contributed by atoms with Crippen LogP contribution >= 0.6 is 15.9 Å². The van der Waals surface area contributed by atoms with E-state index < -0.39 is 0 Å². The number of ether oxygens (including phenoxy) is 2. The second kappa shape index (κ2) is 10.6. The van der Waals surface area contributed by atoms with E-state index >= 15 is 0 Å². The lowest BCUT2D eigenvalue weighted by molar-refractivity contribution is -0.147. The molecule has 0 aromatic rings. The molecule has 0 fully saturated rings. The topological polar surface area (TPSA) is 52.6 Å². The van der Waals surface area contributed by atoms with E-state index in [0.717, 1.165) is 11.8 Å². The van der Waals surface area contributed by atoms with Crippen molar-refractivity contribution in [3.8, 4) is 0 Å². The number of alkyl halides is 1. The summed E-state index contributed by atoms with van der Waals surface area (Å²) in [6.45, 7) is 4.46. The van der Waals surface area contributed by atoms with Gasteiger partial charge in [-0.2, -0.15) is 0 Å². The van der Waals surface area contributed by atoms with Gasteiger partial charge in [-0.25, -0.2) is 0 Å². The van der Waals surface area contributed by atoms with E-state index in [2.05, 4.69) is 15.9 Å². The standard InChI is InChI=1S/C12H21BrO4/c1-3-5-12(15)17-9-10(8-13)6-7-16-11(14)4-2/h10H,3-9H2,1-2H3. The van der Waals surface area contributed by atoms with E-state index in [4.69, 9.17) is 9.47 Å². The normalized spacial score (nSPS) is 11.9. The minimum absolute atomic E-state index is 0.163. The van der Waals surface area contributed by atoms with Crippen molar-refractivity contribution in [1.82, 2.24) is 0 Å². The number of halogens is 1. The molecule has 17 heavy (non-hydrogen) atoms. The summed E-state index contributed by atoms with van der Waals surface area (Å²) in [6.07, 6.45) is 2.35. The number of carbonyl (C=O) groups excluding carboxylic acids is 2. The molecule has 0 spiro atoms. The maximum atomic E-state index is 11.2. The summed E-state index contributed by atoms with van der Waals surface area (Å²) in [5.74, 6) is -0.161. The molecule has 0 aromatic heterocycles. The number of esters is 2. The van der Waals surface area contributed by atoms with Crippen LogP contribution < -0.4 is 0 Å². The molecule has 0 aliphatic heterocycles. The zero-order valence-electron chi connectivity index (χ0n) is 10.5. The smallest absolute Gasteiger partial charge is 0.305 e. The third-order valence-electron chi connectivity index (χ3n) is 2.23. The minimum Gasteiger partial charge on any atom is -0.466 e. The summed E-state index contributed by atoms with van der Waals surface area (Å²) in [6, 6.07) is 0. The molecule has 0 saturated heterocycles. The van der Waals surface area contributed by atoms with E-state index in [9.17, 15) is 9.59 Å². The quantitative estimate of drug-likeness (QED) is 0.485. The maximum absolute atomic E-state index is 11.2. The van der Waals surface area contributed by atoms with Crippen LogP contribution in [0.1, 0.15) is 39.5 Å². The SMILES string of the molecule is CCCC(=O)OCC(CBr)CCOC(=O)CC. The summed E-state index contributed by atoms with van der Waals surface area (Å²) in [5.41, 5.74) is 0. The largest absolute Gasteiger partial charge is 0.466 e. The third kappa shape index (κ3) is 9.15. The number of carbonyl (C=O) groups is 2. The van der Waals surface area contributed by atoms with E-state index in [1.54, 1.807) is 6.92 Å². The van der Waals surface area contributed by atoms with Gasteiger partial charge < -0.3 is 9.47 Å². The lowest BCUT2D eigenvalue weighted by atomic mass is 10.1. The van der Waals surface area contributed by atoms with E-state index in [1.807, 2.05) is 6.92 Å². The van der Waals surface area contributed by atoms with E-state index in [1.165, 1.54) is 0 Å². The number of rotatable bonds is 9. The van der Waals surface area contributed by atoms with Crippen molar-refractivity contribution in [2.24, 2.45) is 5.92 Å². The van der Waals surface area contributed by atoms with Crippen LogP contribution in [-0.4, -0.2) is 30.5 Å². The Bertz CT molecular complexity index is 231. The Morgan fingerprint density at radius 1 is 1.18 bits per heavy atom. The molecule has 0 aromatic carbocycles. The molecule has 5 heteroatoms. The van der Waals surface area contributed by atoms with Crippen molar-refractivity contribution in [1.29, 1.82) is 0 Å². The average molecular weight is 309 g/mol. The van der Waals surface area contributed by atoms with Crippen molar-refractivity contribution in [2.45, 2.75) is 39.5 Å². The van der Waals surface area contributed by atoms with Gasteiger partial charge in [-0.05, 0) is 12.8 Å². The highest BCUT2D eigenvalue weighted by atomic mass is 79.9. The zero-order valence-corrected chi connectivity index (χ0v) is 12.1. The Kier molecular flexibility index (Phi) is 10.2. The fourth-order valence-corrected chi connectivity index (χ4v) is 1.64. The van der Waals surface area contributed by atoms with Crippen LogP contribution in [0.25, 0.3) is 0 Å². The Morgan fingerprint density at radius 2 is 1.88 bits per heavy atom. The first-order valence-electron chi connectivity index (χ1n) is 6.01. The van der Waals surface area contributed by atoms with Gasteiger partial charge in [0.05, 0.1) is 13.2 Å². The summed E-state index contributed by atoms with van der Waals surface area (Å²) in [5, 5.41) is 0.732. The first-order valence-corrected chi connectivity index (χ1v) is 7.13. The molecular formula is C12H21BrO4. The molecule has 0 N–H and O–H groups in total. The Hall–Kier alpha value is -0.580. The van der Waals surface area contributed by atoms with Gasteiger partial charge in [0.1, 0.15) is 0 Å². The van der Waals surface area contributed by atoms with Gasteiger partial charge in [0.2, 0.25) is 0 Å². The maximum Gasteiger partial charge on any atom is 0.305 e. The summed E-state index contributed by atoms with van der Waals surface area (Å²) < 4.78 is 10.1. The lowest BCUT2D eigenvalue weighted by Crippen LogP contribution is -2.18. The van der Waals surface area contributed by atoms with Crippen molar-refractivity contribution >= 4 is 27.9 Å².